The molecule has 0 atom stereocenters. The first-order chi connectivity index (χ1) is 60.4. The average Bonchev–Trinajstić information content (AvgIpc) is 1.50. The van der Waals surface area contributed by atoms with Gasteiger partial charge in [-0.15, -0.1) is 0 Å². The lowest BCUT2D eigenvalue weighted by Crippen LogP contribution is -2.32. The minimum Gasteiger partial charge on any atom is -0.457 e. The van der Waals surface area contributed by atoms with E-state index < -0.39 is 18.0 Å². The van der Waals surface area contributed by atoms with Gasteiger partial charge in [-0.1, -0.05) is 388 Å². The van der Waals surface area contributed by atoms with Crippen molar-refractivity contribution in [3.63, 3.8) is 0 Å². The van der Waals surface area contributed by atoms with Crippen molar-refractivity contribution >= 4 is 77.3 Å². The minimum atomic E-state index is -3.06. The topological polar surface area (TPSA) is 87.1 Å². The van der Waals surface area contributed by atoms with E-state index >= 15 is 0 Å². The molecule has 4 aliphatic rings. The molecule has 2 aliphatic heterocycles. The first kappa shape index (κ1) is 70.7. The summed E-state index contributed by atoms with van der Waals surface area (Å²) >= 11 is 0. The van der Waals surface area contributed by atoms with Crippen molar-refractivity contribution in [2.75, 3.05) is 0 Å². The van der Waals surface area contributed by atoms with E-state index in [0.29, 0.717) is 0 Å². The van der Waals surface area contributed by atoms with Gasteiger partial charge >= 0.3 is 0 Å². The van der Waals surface area contributed by atoms with E-state index in [-0.39, 0.29) is 0 Å². The van der Waals surface area contributed by atoms with Gasteiger partial charge in [0.25, 0.3) is 0 Å². The highest BCUT2D eigenvalue weighted by Crippen LogP contribution is 2.66. The molecule has 8 heteroatoms. The van der Waals surface area contributed by atoms with Crippen LogP contribution in [0.2, 0.25) is 0 Å². The van der Waals surface area contributed by atoms with Gasteiger partial charge in [0, 0.05) is 98.1 Å². The van der Waals surface area contributed by atoms with E-state index in [4.69, 9.17) is 29.4 Å². The molecule has 0 N–H and O–H groups in total. The Hall–Kier alpha value is -15.5. The van der Waals surface area contributed by atoms with E-state index in [1.54, 1.807) is 0 Å². The number of benzene rings is 18. The molecule has 18 aromatic carbocycles. The fourth-order valence-corrected chi connectivity index (χ4v) is 22.9. The van der Waals surface area contributed by atoms with Gasteiger partial charge in [0.15, 0.2) is 13.0 Å². The van der Waals surface area contributed by atoms with Crippen LogP contribution in [-0.2, 0) is 15.4 Å². The first-order valence-corrected chi connectivity index (χ1v) is 43.2. The summed E-state index contributed by atoms with van der Waals surface area (Å²) in [5, 5.41) is 10.5. The van der Waals surface area contributed by atoms with E-state index in [0.717, 1.165) is 172 Å². The Kier molecular flexibility index (Phi) is 16.3. The lowest BCUT2D eigenvalue weighted by molar-refractivity contribution is 0.436. The standard InChI is InChI=1S/C58H35N3O.C56H36NO2P/c1-2-14-40(15-3-1)57-60-50-23-11-6-18-43(50)55(61-57)38-30-26-36(27-31-38)37-28-32-39(33-29-37)56-44-34-35-48-54(53(44)42-17-5-10-22-49(42)59-56)41-16-4-7-19-45(41)58(48)46-20-8-12-24-51(46)62-52-25-13-9-21-47(52)58;58-60(40-15-3-1-4-16-40,41-17-5-2-6-18-41)42-33-31-38(32-34-42)37-27-29-39(30-28-37)55-45-35-36-49-54(53(45)44-20-8-12-24-50(44)57-55)43-19-7-9-21-46(43)56(49)47-22-10-13-25-51(47)59-52-26-14-11-23-48(52)56/h1-35H;1-36H. The predicted octanol–water partition coefficient (Wildman–Crippen LogP) is 27.3. The molecule has 2 aliphatic carbocycles. The molecule has 0 saturated heterocycles. The van der Waals surface area contributed by atoms with Gasteiger partial charge in [-0.3, -0.25) is 0 Å². The summed E-state index contributed by atoms with van der Waals surface area (Å²) in [6, 6.07) is 151. The van der Waals surface area contributed by atoms with E-state index in [2.05, 4.69) is 328 Å². The third-order valence-electron chi connectivity index (χ3n) is 25.6. The van der Waals surface area contributed by atoms with Crippen LogP contribution in [0.4, 0.5) is 0 Å². The van der Waals surface area contributed by atoms with Crippen LogP contribution in [0.1, 0.15) is 44.5 Å². The van der Waals surface area contributed by atoms with Crippen LogP contribution >= 0.6 is 7.14 Å². The molecular weight excluding hydrogens is 1500 g/mol. The van der Waals surface area contributed by atoms with Crippen LogP contribution in [0.15, 0.2) is 431 Å². The van der Waals surface area contributed by atoms with Crippen LogP contribution in [0, 0.1) is 0 Å². The Balaban J connectivity index is 0.000000138. The maximum atomic E-state index is 15.0. The fraction of sp³-hybridized carbons (Fsp3) is 0.0175. The van der Waals surface area contributed by atoms with E-state index in [9.17, 15) is 4.57 Å². The third-order valence-corrected chi connectivity index (χ3v) is 28.7. The molecule has 5 heterocycles. The second-order valence-corrected chi connectivity index (χ2v) is 34.7. The highest BCUT2D eigenvalue weighted by molar-refractivity contribution is 7.85. The molecule has 0 saturated carbocycles. The van der Waals surface area contributed by atoms with E-state index in [1.165, 1.54) is 55.3 Å². The zero-order valence-electron chi connectivity index (χ0n) is 66.0. The highest BCUT2D eigenvalue weighted by Gasteiger charge is 2.54. The average molecular weight is 1580 g/mol. The second kappa shape index (κ2) is 28.1. The van der Waals surface area contributed by atoms with Crippen molar-refractivity contribution < 1.29 is 14.0 Å². The largest absolute Gasteiger partial charge is 0.457 e. The number of hydrogen-bond donors (Lipinski definition) is 0. The Labute approximate surface area is 705 Å². The summed E-state index contributed by atoms with van der Waals surface area (Å²) in [6.45, 7) is 0. The van der Waals surface area contributed by atoms with Gasteiger partial charge in [0.2, 0.25) is 0 Å². The molecule has 21 aromatic rings. The molecule has 0 bridgehead atoms. The molecule has 122 heavy (non-hydrogen) atoms. The number of fused-ring (bicyclic) bond motifs is 27. The lowest BCUT2D eigenvalue weighted by Gasteiger charge is -2.39. The van der Waals surface area contributed by atoms with Crippen molar-refractivity contribution in [1.82, 2.24) is 19.9 Å². The van der Waals surface area contributed by atoms with Crippen LogP contribution in [-0.4, -0.2) is 19.9 Å². The number of nitrogens with zero attached hydrogens (tertiary/aromatic N) is 4. The summed E-state index contributed by atoms with van der Waals surface area (Å²) < 4.78 is 28.2. The smallest absolute Gasteiger partial charge is 0.171 e. The Morgan fingerprint density at radius 2 is 0.500 bits per heavy atom. The van der Waals surface area contributed by atoms with Crippen molar-refractivity contribution in [3.05, 3.63) is 475 Å². The van der Waals surface area contributed by atoms with Gasteiger partial charge in [0.1, 0.15) is 23.0 Å². The molecule has 3 aromatic heterocycles. The molecule has 7 nitrogen and oxygen atoms in total. The fourth-order valence-electron chi connectivity index (χ4n) is 20.3. The van der Waals surface area contributed by atoms with Gasteiger partial charge < -0.3 is 14.0 Å². The summed E-state index contributed by atoms with van der Waals surface area (Å²) in [4.78, 5) is 20.8. The van der Waals surface area contributed by atoms with Crippen LogP contribution in [0.3, 0.4) is 0 Å². The van der Waals surface area contributed by atoms with Crippen LogP contribution < -0.4 is 25.4 Å². The van der Waals surface area contributed by atoms with Crippen molar-refractivity contribution in [3.8, 4) is 113 Å². The Morgan fingerprint density at radius 1 is 0.205 bits per heavy atom. The zero-order chi connectivity index (χ0) is 80.6. The van der Waals surface area contributed by atoms with Gasteiger partial charge in [-0.25, -0.2) is 19.9 Å². The normalized spacial score (nSPS) is 13.2. The van der Waals surface area contributed by atoms with Gasteiger partial charge in [-0.05, 0) is 109 Å². The molecular formula is C114H71N4O3P. The lowest BCUT2D eigenvalue weighted by atomic mass is 9.66. The molecule has 0 amide bonds. The monoisotopic (exact) mass is 1570 g/mol. The first-order valence-electron chi connectivity index (χ1n) is 41.5. The van der Waals surface area contributed by atoms with Gasteiger partial charge in [-0.2, -0.15) is 0 Å². The SMILES string of the molecule is O=P(c1ccccc1)(c1ccccc1)c1ccc(-c2ccc(-c3nc4ccccc4c4c5c(ccc34)C3(c4ccccc4Oc4ccccc43)c3ccccc3-5)cc2)cc1.c1ccc(-c2nc(-c3ccc(-c4ccc(-c5nc6ccccc6c6c7c(ccc56)C5(c6ccccc6Oc6ccccc65)c5ccccc5-7)cc4)cc3)c3ccccc3n2)cc1. The number of rotatable bonds is 9. The summed E-state index contributed by atoms with van der Waals surface area (Å²) in [5.41, 5.74) is 27.9. The summed E-state index contributed by atoms with van der Waals surface area (Å²) in [6.07, 6.45) is 0. The number of pyridine rings is 2. The molecule has 2 spiro atoms. The number of para-hydroxylation sites is 7. The number of hydrogen-bond acceptors (Lipinski definition) is 7. The summed E-state index contributed by atoms with van der Waals surface area (Å²) in [7, 11) is -3.06. The molecule has 0 fully saturated rings. The van der Waals surface area contributed by atoms with Gasteiger partial charge in [0.05, 0.1) is 44.5 Å². The second-order valence-electron chi connectivity index (χ2n) is 31.9. The summed E-state index contributed by atoms with van der Waals surface area (Å²) in [5.74, 6) is 4.28. The zero-order valence-corrected chi connectivity index (χ0v) is 66.8. The molecule has 0 radical (unpaired) electrons. The minimum absolute atomic E-state index is 0.544. The highest BCUT2D eigenvalue weighted by atomic mass is 31.2. The predicted molar refractivity (Wildman–Crippen MR) is 498 cm³/mol. The molecule has 570 valence electrons. The molecule has 25 rings (SSSR count). The Morgan fingerprint density at radius 3 is 0.902 bits per heavy atom. The van der Waals surface area contributed by atoms with Crippen molar-refractivity contribution in [2.24, 2.45) is 0 Å². The molecule has 0 unspecified atom stereocenters. The third kappa shape index (κ3) is 10.7. The van der Waals surface area contributed by atoms with Crippen molar-refractivity contribution in [2.45, 2.75) is 10.8 Å². The number of ether oxygens (including phenoxy) is 2. The number of aromatic nitrogens is 4. The van der Waals surface area contributed by atoms with Crippen LogP contribution in [0.5, 0.6) is 23.0 Å². The quantitative estimate of drug-likeness (QED) is 0.105. The van der Waals surface area contributed by atoms with E-state index in [1.807, 2.05) is 103 Å². The van der Waals surface area contributed by atoms with Crippen molar-refractivity contribution in [1.29, 1.82) is 0 Å². The van der Waals surface area contributed by atoms with Crippen LogP contribution in [0.25, 0.3) is 144 Å². The maximum absolute atomic E-state index is 15.0. The Bertz CT molecular complexity index is 7760. The maximum Gasteiger partial charge on any atom is 0.171 e.